The lowest BCUT2D eigenvalue weighted by Gasteiger charge is -2.39. The molecule has 0 bridgehead atoms. The quantitative estimate of drug-likeness (QED) is 0.393. The third-order valence-electron chi connectivity index (χ3n) is 7.73. The molecule has 2 aliphatic heterocycles. The zero-order valence-corrected chi connectivity index (χ0v) is 25.5. The number of anilines is 1. The van der Waals surface area contributed by atoms with E-state index in [1.54, 1.807) is 0 Å². The SMILES string of the molecule is CC(C)C[C@H](NC(=O)CCN(C)C)c1cc(Cl)ccc1N1CCN(C(=O)[C@H]2CCO[C@@H]2c2ccc(Cl)cc2)CC1. The lowest BCUT2D eigenvalue weighted by Crippen LogP contribution is -2.51. The lowest BCUT2D eigenvalue weighted by molar-refractivity contribution is -0.137. The summed E-state index contributed by atoms with van der Waals surface area (Å²) in [6.07, 6.45) is 1.74. The van der Waals surface area contributed by atoms with Crippen molar-refractivity contribution in [3.05, 3.63) is 63.6 Å². The minimum Gasteiger partial charge on any atom is -0.373 e. The first-order chi connectivity index (χ1) is 19.1. The monoisotopic (exact) mass is 588 g/mol. The molecule has 7 nitrogen and oxygen atoms in total. The zero-order chi connectivity index (χ0) is 28.8. The molecule has 2 aromatic rings. The van der Waals surface area contributed by atoms with Crippen LogP contribution >= 0.6 is 23.2 Å². The minimum absolute atomic E-state index is 0.0368. The molecule has 2 heterocycles. The van der Waals surface area contributed by atoms with E-state index in [0.29, 0.717) is 61.7 Å². The van der Waals surface area contributed by atoms with Gasteiger partial charge in [0.2, 0.25) is 11.8 Å². The molecule has 0 saturated carbocycles. The molecule has 0 aromatic heterocycles. The molecule has 1 N–H and O–H groups in total. The fourth-order valence-electron chi connectivity index (χ4n) is 5.64. The Morgan fingerprint density at radius 2 is 1.70 bits per heavy atom. The Morgan fingerprint density at radius 1 is 1.02 bits per heavy atom. The van der Waals surface area contributed by atoms with E-state index in [2.05, 4.69) is 30.1 Å². The second kappa shape index (κ2) is 14.0. The van der Waals surface area contributed by atoms with Crippen LogP contribution in [-0.4, -0.2) is 75.0 Å². The van der Waals surface area contributed by atoms with Gasteiger partial charge in [-0.05, 0) is 74.3 Å². The smallest absolute Gasteiger partial charge is 0.228 e. The number of piperazine rings is 1. The van der Waals surface area contributed by atoms with Crippen LogP contribution in [0.2, 0.25) is 10.0 Å². The fraction of sp³-hybridized carbons (Fsp3) is 0.548. The van der Waals surface area contributed by atoms with Crippen molar-refractivity contribution in [3.63, 3.8) is 0 Å². The molecule has 0 radical (unpaired) electrons. The average molecular weight is 590 g/mol. The van der Waals surface area contributed by atoms with Gasteiger partial charge in [-0.2, -0.15) is 0 Å². The van der Waals surface area contributed by atoms with E-state index in [-0.39, 0.29) is 29.9 Å². The topological polar surface area (TPSA) is 65.1 Å². The summed E-state index contributed by atoms with van der Waals surface area (Å²) in [5, 5.41) is 4.60. The van der Waals surface area contributed by atoms with Crippen molar-refractivity contribution in [3.8, 4) is 0 Å². The number of carbonyl (C=O) groups is 2. The van der Waals surface area contributed by atoms with Gasteiger partial charge in [-0.3, -0.25) is 9.59 Å². The molecular weight excluding hydrogens is 547 g/mol. The second-order valence-corrected chi connectivity index (χ2v) is 12.4. The van der Waals surface area contributed by atoms with E-state index in [0.717, 1.165) is 29.7 Å². The molecule has 2 fully saturated rings. The van der Waals surface area contributed by atoms with Crippen molar-refractivity contribution in [2.45, 2.75) is 45.3 Å². The molecule has 3 atom stereocenters. The molecule has 2 aromatic carbocycles. The zero-order valence-electron chi connectivity index (χ0n) is 24.0. The number of halogens is 2. The largest absolute Gasteiger partial charge is 0.373 e. The molecule has 40 heavy (non-hydrogen) atoms. The highest BCUT2D eigenvalue weighted by molar-refractivity contribution is 6.31. The second-order valence-electron chi connectivity index (χ2n) is 11.6. The van der Waals surface area contributed by atoms with Crippen LogP contribution in [0.15, 0.2) is 42.5 Å². The summed E-state index contributed by atoms with van der Waals surface area (Å²) in [5.41, 5.74) is 3.10. The van der Waals surface area contributed by atoms with Crippen LogP contribution in [0, 0.1) is 11.8 Å². The molecule has 218 valence electrons. The van der Waals surface area contributed by atoms with Crippen molar-refractivity contribution in [1.29, 1.82) is 0 Å². The highest BCUT2D eigenvalue weighted by Gasteiger charge is 2.38. The van der Waals surface area contributed by atoms with Crippen molar-refractivity contribution in [2.24, 2.45) is 11.8 Å². The van der Waals surface area contributed by atoms with Gasteiger partial charge in [-0.25, -0.2) is 0 Å². The molecule has 0 aliphatic carbocycles. The number of amides is 2. The predicted molar refractivity (Wildman–Crippen MR) is 162 cm³/mol. The summed E-state index contributed by atoms with van der Waals surface area (Å²) in [5.74, 6) is 0.392. The molecule has 2 saturated heterocycles. The molecular formula is C31H42Cl2N4O3. The van der Waals surface area contributed by atoms with Crippen LogP contribution in [0.3, 0.4) is 0 Å². The Balaban J connectivity index is 1.45. The van der Waals surface area contributed by atoms with Crippen LogP contribution in [0.25, 0.3) is 0 Å². The van der Waals surface area contributed by atoms with Gasteiger partial charge in [0.25, 0.3) is 0 Å². The van der Waals surface area contributed by atoms with Crippen LogP contribution in [-0.2, 0) is 14.3 Å². The Bertz CT molecular complexity index is 1150. The van der Waals surface area contributed by atoms with E-state index in [4.69, 9.17) is 27.9 Å². The van der Waals surface area contributed by atoms with E-state index >= 15 is 0 Å². The minimum atomic E-state index is -0.237. The van der Waals surface area contributed by atoms with Gasteiger partial charge in [-0.1, -0.05) is 49.2 Å². The van der Waals surface area contributed by atoms with Crippen molar-refractivity contribution >= 4 is 40.7 Å². The predicted octanol–water partition coefficient (Wildman–Crippen LogP) is 5.57. The van der Waals surface area contributed by atoms with Crippen LogP contribution in [0.1, 0.15) is 56.4 Å². The molecule has 2 aliphatic rings. The Hall–Kier alpha value is -2.32. The third-order valence-corrected chi connectivity index (χ3v) is 8.22. The Kier molecular flexibility index (Phi) is 10.7. The van der Waals surface area contributed by atoms with Crippen LogP contribution in [0.5, 0.6) is 0 Å². The molecule has 9 heteroatoms. The number of ether oxygens (including phenoxy) is 1. The number of nitrogens with one attached hydrogen (secondary N) is 1. The normalized spacial score (nSPS) is 20.3. The Labute approximate surface area is 248 Å². The van der Waals surface area contributed by atoms with Gasteiger partial charge in [0.05, 0.1) is 18.1 Å². The van der Waals surface area contributed by atoms with Crippen molar-refractivity contribution < 1.29 is 14.3 Å². The summed E-state index contributed by atoms with van der Waals surface area (Å²) in [6, 6.07) is 13.4. The van der Waals surface area contributed by atoms with Gasteiger partial charge < -0.3 is 24.8 Å². The summed E-state index contributed by atoms with van der Waals surface area (Å²) >= 11 is 12.5. The Morgan fingerprint density at radius 3 is 2.35 bits per heavy atom. The van der Waals surface area contributed by atoms with E-state index in [1.807, 2.05) is 60.3 Å². The molecule has 2 amide bonds. The summed E-state index contributed by atoms with van der Waals surface area (Å²) < 4.78 is 5.99. The first-order valence-corrected chi connectivity index (χ1v) is 15.0. The average Bonchev–Trinajstić information content (AvgIpc) is 3.41. The van der Waals surface area contributed by atoms with E-state index < -0.39 is 0 Å². The van der Waals surface area contributed by atoms with Gasteiger partial charge in [0, 0.05) is 61.5 Å². The van der Waals surface area contributed by atoms with E-state index in [1.165, 1.54) is 0 Å². The highest BCUT2D eigenvalue weighted by Crippen LogP contribution is 2.37. The maximum absolute atomic E-state index is 13.6. The van der Waals surface area contributed by atoms with Crippen molar-refractivity contribution in [1.82, 2.24) is 15.1 Å². The maximum atomic E-state index is 13.6. The summed E-state index contributed by atoms with van der Waals surface area (Å²) in [7, 11) is 3.94. The number of benzene rings is 2. The van der Waals surface area contributed by atoms with Gasteiger partial charge in [0.15, 0.2) is 0 Å². The van der Waals surface area contributed by atoms with Gasteiger partial charge >= 0.3 is 0 Å². The first kappa shape index (κ1) is 30.6. The third kappa shape index (κ3) is 7.90. The van der Waals surface area contributed by atoms with Gasteiger partial charge in [0.1, 0.15) is 0 Å². The summed E-state index contributed by atoms with van der Waals surface area (Å²) in [4.78, 5) is 32.7. The number of nitrogens with zero attached hydrogens (tertiary/aromatic N) is 3. The molecule has 0 spiro atoms. The van der Waals surface area contributed by atoms with Crippen LogP contribution in [0.4, 0.5) is 5.69 Å². The lowest BCUT2D eigenvalue weighted by atomic mass is 9.93. The number of hydrogen-bond donors (Lipinski definition) is 1. The standard InChI is InChI=1S/C31H42Cl2N4O3/c1-21(2)19-27(34-29(38)11-13-35(3)4)26-20-24(33)9-10-28(26)36-14-16-37(17-15-36)31(39)25-12-18-40-30(25)22-5-7-23(32)8-6-22/h5-10,20-21,25,27,30H,11-19H2,1-4H3,(H,34,38)/t25-,27-,30+/m0/s1. The molecule has 0 unspecified atom stereocenters. The fourth-order valence-corrected chi connectivity index (χ4v) is 5.95. The van der Waals surface area contributed by atoms with Gasteiger partial charge in [-0.15, -0.1) is 0 Å². The van der Waals surface area contributed by atoms with E-state index in [9.17, 15) is 9.59 Å². The number of hydrogen-bond acceptors (Lipinski definition) is 5. The summed E-state index contributed by atoms with van der Waals surface area (Å²) in [6.45, 7) is 8.29. The number of carbonyl (C=O) groups excluding carboxylic acids is 2. The maximum Gasteiger partial charge on any atom is 0.228 e. The number of rotatable bonds is 10. The first-order valence-electron chi connectivity index (χ1n) is 14.3. The molecule has 4 rings (SSSR count). The highest BCUT2D eigenvalue weighted by atomic mass is 35.5. The van der Waals surface area contributed by atoms with Crippen molar-refractivity contribution in [2.75, 3.05) is 58.3 Å². The van der Waals surface area contributed by atoms with Crippen LogP contribution < -0.4 is 10.2 Å².